The van der Waals surface area contributed by atoms with Crippen LogP contribution in [0.2, 0.25) is 0 Å². The van der Waals surface area contributed by atoms with E-state index in [-0.39, 0.29) is 6.10 Å². The topological polar surface area (TPSA) is 60.0 Å². The van der Waals surface area contributed by atoms with E-state index < -0.39 is 6.09 Å². The van der Waals surface area contributed by atoms with Gasteiger partial charge in [0.15, 0.2) is 0 Å². The van der Waals surface area contributed by atoms with Crippen molar-refractivity contribution in [3.63, 3.8) is 0 Å². The third-order valence-electron chi connectivity index (χ3n) is 5.53. The van der Waals surface area contributed by atoms with E-state index in [9.17, 15) is 4.79 Å². The number of methoxy groups -OCH3 is 2. The van der Waals surface area contributed by atoms with Gasteiger partial charge in [-0.3, -0.25) is 5.01 Å². The van der Waals surface area contributed by atoms with Gasteiger partial charge in [-0.2, -0.15) is 0 Å². The van der Waals surface area contributed by atoms with Gasteiger partial charge in [-0.05, 0) is 60.4 Å². The summed E-state index contributed by atoms with van der Waals surface area (Å²) in [6.45, 7) is 3.62. The Balaban J connectivity index is 1.87. The molecule has 1 amide bonds. The highest BCUT2D eigenvalue weighted by Gasteiger charge is 2.19. The molecule has 6 heteroatoms. The molecule has 0 heterocycles. The predicted molar refractivity (Wildman–Crippen MR) is 144 cm³/mol. The number of anilines is 2. The van der Waals surface area contributed by atoms with Crippen molar-refractivity contribution in [2.45, 2.75) is 20.0 Å². The lowest BCUT2D eigenvalue weighted by atomic mass is 10.0. The van der Waals surface area contributed by atoms with E-state index in [1.165, 1.54) is 0 Å². The lowest BCUT2D eigenvalue weighted by molar-refractivity contribution is 0.115. The number of carbonyl (C=O) groups is 1. The summed E-state index contributed by atoms with van der Waals surface area (Å²) < 4.78 is 16.6. The predicted octanol–water partition coefficient (Wildman–Crippen LogP) is 7.23. The monoisotopic (exact) mass is 482 g/mol. The maximum Gasteiger partial charge on any atom is 0.426 e. The molecule has 0 atom stereocenters. The van der Waals surface area contributed by atoms with E-state index in [1.54, 1.807) is 19.2 Å². The quantitative estimate of drug-likeness (QED) is 0.269. The summed E-state index contributed by atoms with van der Waals surface area (Å²) in [7, 11) is 3.25. The molecule has 0 aliphatic carbocycles. The van der Waals surface area contributed by atoms with Crippen LogP contribution in [0.25, 0.3) is 22.3 Å². The van der Waals surface area contributed by atoms with Crippen LogP contribution in [0.1, 0.15) is 13.8 Å². The van der Waals surface area contributed by atoms with E-state index in [2.05, 4.69) is 5.43 Å². The molecule has 0 spiro atoms. The number of nitrogens with one attached hydrogen (secondary N) is 1. The van der Waals surface area contributed by atoms with Crippen molar-refractivity contribution in [1.29, 1.82) is 0 Å². The van der Waals surface area contributed by atoms with Crippen LogP contribution in [0.5, 0.6) is 11.5 Å². The second kappa shape index (κ2) is 11.3. The Morgan fingerprint density at radius 3 is 1.50 bits per heavy atom. The maximum atomic E-state index is 12.8. The Kier molecular flexibility index (Phi) is 7.75. The molecule has 36 heavy (non-hydrogen) atoms. The van der Waals surface area contributed by atoms with Crippen molar-refractivity contribution < 1.29 is 19.0 Å². The van der Waals surface area contributed by atoms with Crippen LogP contribution >= 0.6 is 0 Å². The Bertz CT molecular complexity index is 1220. The van der Waals surface area contributed by atoms with Gasteiger partial charge in [-0.1, -0.05) is 60.7 Å². The zero-order valence-corrected chi connectivity index (χ0v) is 20.9. The minimum atomic E-state index is -0.571. The second-order valence-corrected chi connectivity index (χ2v) is 8.47. The number of hydrogen-bond acceptors (Lipinski definition) is 5. The summed E-state index contributed by atoms with van der Waals surface area (Å²) in [5.74, 6) is 1.31. The van der Waals surface area contributed by atoms with Crippen molar-refractivity contribution in [3.05, 3.63) is 97.1 Å². The molecule has 0 bridgehead atoms. The van der Waals surface area contributed by atoms with Crippen LogP contribution in [-0.4, -0.2) is 26.4 Å². The normalized spacial score (nSPS) is 10.6. The molecule has 0 saturated carbocycles. The highest BCUT2D eigenvalue weighted by atomic mass is 16.6. The molecule has 0 saturated heterocycles. The molecular formula is C30H30N2O4. The second-order valence-electron chi connectivity index (χ2n) is 8.47. The van der Waals surface area contributed by atoms with Crippen molar-refractivity contribution in [2.75, 3.05) is 19.2 Å². The highest BCUT2D eigenvalue weighted by molar-refractivity contribution is 5.81. The summed E-state index contributed by atoms with van der Waals surface area (Å²) in [6.07, 6.45) is -0.847. The van der Waals surface area contributed by atoms with E-state index in [1.807, 2.05) is 111 Å². The van der Waals surface area contributed by atoms with Crippen LogP contribution in [0.15, 0.2) is 97.1 Å². The molecule has 0 aromatic heterocycles. The van der Waals surface area contributed by atoms with Crippen LogP contribution in [-0.2, 0) is 4.74 Å². The first-order valence-electron chi connectivity index (χ1n) is 11.7. The average Bonchev–Trinajstić information content (AvgIpc) is 2.91. The van der Waals surface area contributed by atoms with E-state index in [0.717, 1.165) is 22.3 Å². The number of nitrogens with zero attached hydrogens (tertiary/aromatic N) is 1. The highest BCUT2D eigenvalue weighted by Crippen LogP contribution is 2.36. The number of benzene rings is 4. The third-order valence-corrected chi connectivity index (χ3v) is 5.53. The van der Waals surface area contributed by atoms with Gasteiger partial charge >= 0.3 is 6.09 Å². The molecule has 4 rings (SSSR count). The zero-order valence-electron chi connectivity index (χ0n) is 20.9. The van der Waals surface area contributed by atoms with E-state index in [0.29, 0.717) is 22.9 Å². The van der Waals surface area contributed by atoms with Crippen molar-refractivity contribution in [1.82, 2.24) is 5.43 Å². The summed E-state index contributed by atoms with van der Waals surface area (Å²) in [6, 6.07) is 31.7. The average molecular weight is 483 g/mol. The minimum Gasteiger partial charge on any atom is -0.497 e. The number of ether oxygens (including phenoxy) is 3. The minimum absolute atomic E-state index is 0.276. The van der Waals surface area contributed by atoms with Gasteiger partial charge in [0.1, 0.15) is 11.5 Å². The van der Waals surface area contributed by atoms with Gasteiger partial charge in [0.05, 0.1) is 31.7 Å². The summed E-state index contributed by atoms with van der Waals surface area (Å²) in [5.41, 5.74) is 8.23. The molecule has 184 valence electrons. The van der Waals surface area contributed by atoms with Crippen molar-refractivity contribution >= 4 is 17.5 Å². The third kappa shape index (κ3) is 5.96. The molecule has 0 radical (unpaired) electrons. The number of carbonyl (C=O) groups excluding carboxylic acids is 1. The number of hydrazine groups is 1. The van der Waals surface area contributed by atoms with Crippen LogP contribution in [0, 0.1) is 0 Å². The van der Waals surface area contributed by atoms with Crippen molar-refractivity contribution in [2.24, 2.45) is 0 Å². The number of rotatable bonds is 8. The van der Waals surface area contributed by atoms with Gasteiger partial charge in [-0.15, -0.1) is 0 Å². The molecule has 6 nitrogen and oxygen atoms in total. The first-order chi connectivity index (χ1) is 17.5. The Morgan fingerprint density at radius 2 is 1.11 bits per heavy atom. The summed E-state index contributed by atoms with van der Waals surface area (Å²) in [5, 5.41) is 1.69. The molecule has 4 aromatic rings. The van der Waals surface area contributed by atoms with Gasteiger partial charge in [-0.25, -0.2) is 10.2 Å². The first kappa shape index (κ1) is 24.7. The molecule has 0 fully saturated rings. The molecule has 4 aromatic carbocycles. The Labute approximate surface area is 212 Å². The van der Waals surface area contributed by atoms with Crippen molar-refractivity contribution in [3.8, 4) is 33.8 Å². The molecule has 0 aliphatic rings. The molecule has 0 aliphatic heterocycles. The fourth-order valence-corrected chi connectivity index (χ4v) is 3.87. The number of amides is 1. The van der Waals surface area contributed by atoms with Crippen LogP contribution < -0.4 is 19.9 Å². The van der Waals surface area contributed by atoms with Crippen LogP contribution in [0.4, 0.5) is 16.2 Å². The standard InChI is InChI=1S/C30H30N2O4/c1-21(2)36-30(33)31-32(26-15-24(17-28(19-26)34-3)22-11-7-5-8-12-22)27-16-25(18-29(20-27)35-4)23-13-9-6-10-14-23/h5-21H,1-4H3,(H,31,33). The van der Waals surface area contributed by atoms with Gasteiger partial charge in [0, 0.05) is 12.1 Å². The lowest BCUT2D eigenvalue weighted by Crippen LogP contribution is -2.40. The SMILES string of the molecule is COc1cc(-c2ccccc2)cc(N(NC(=O)OC(C)C)c2cc(OC)cc(-c3ccccc3)c2)c1. The fourth-order valence-electron chi connectivity index (χ4n) is 3.87. The smallest absolute Gasteiger partial charge is 0.426 e. The summed E-state index contributed by atoms with van der Waals surface area (Å²) >= 11 is 0. The summed E-state index contributed by atoms with van der Waals surface area (Å²) in [4.78, 5) is 12.8. The lowest BCUT2D eigenvalue weighted by Gasteiger charge is -2.27. The molecular weight excluding hydrogens is 452 g/mol. The van der Waals surface area contributed by atoms with E-state index in [4.69, 9.17) is 14.2 Å². The van der Waals surface area contributed by atoms with Crippen LogP contribution in [0.3, 0.4) is 0 Å². The van der Waals surface area contributed by atoms with Gasteiger partial charge in [0.2, 0.25) is 0 Å². The Morgan fingerprint density at radius 1 is 0.667 bits per heavy atom. The van der Waals surface area contributed by atoms with E-state index >= 15 is 0 Å². The first-order valence-corrected chi connectivity index (χ1v) is 11.7. The number of hydrogen-bond donors (Lipinski definition) is 1. The molecule has 0 unspecified atom stereocenters. The Hall–Kier alpha value is -4.45. The zero-order chi connectivity index (χ0) is 25.5. The van der Waals surface area contributed by atoms with Gasteiger partial charge < -0.3 is 14.2 Å². The fraction of sp³-hybridized carbons (Fsp3) is 0.167. The molecule has 1 N–H and O–H groups in total. The van der Waals surface area contributed by atoms with Gasteiger partial charge in [0.25, 0.3) is 0 Å². The largest absolute Gasteiger partial charge is 0.497 e. The maximum absolute atomic E-state index is 12.8.